The molecule has 0 radical (unpaired) electrons. The lowest BCUT2D eigenvalue weighted by atomic mass is 9.95. The van der Waals surface area contributed by atoms with Gasteiger partial charge in [0, 0.05) is 56.7 Å². The molecule has 172 valence electrons. The van der Waals surface area contributed by atoms with Crippen molar-refractivity contribution in [2.75, 3.05) is 25.6 Å². The zero-order chi connectivity index (χ0) is 23.1. The Morgan fingerprint density at radius 1 is 1.27 bits per heavy atom. The normalized spacial score (nSPS) is 20.3. The van der Waals surface area contributed by atoms with Gasteiger partial charge in [-0.05, 0) is 54.3 Å². The predicted molar refractivity (Wildman–Crippen MR) is 124 cm³/mol. The Morgan fingerprint density at radius 3 is 2.94 bits per heavy atom. The van der Waals surface area contributed by atoms with Crippen molar-refractivity contribution in [3.8, 4) is 0 Å². The van der Waals surface area contributed by atoms with Crippen molar-refractivity contribution in [2.24, 2.45) is 0 Å². The zero-order valence-electron chi connectivity index (χ0n) is 19.0. The predicted octanol–water partition coefficient (Wildman–Crippen LogP) is 2.32. The second-order valence-electron chi connectivity index (χ2n) is 8.72. The van der Waals surface area contributed by atoms with Crippen molar-refractivity contribution < 1.29 is 9.13 Å². The van der Waals surface area contributed by atoms with Gasteiger partial charge in [-0.3, -0.25) is 20.1 Å². The van der Waals surface area contributed by atoms with Gasteiger partial charge in [0.05, 0.1) is 12.3 Å². The summed E-state index contributed by atoms with van der Waals surface area (Å²) in [4.78, 5) is 24.2. The maximum absolute atomic E-state index is 13.8. The Hall–Kier alpha value is -3.30. The van der Waals surface area contributed by atoms with Crippen molar-refractivity contribution in [1.82, 2.24) is 24.9 Å². The summed E-state index contributed by atoms with van der Waals surface area (Å²) < 4.78 is 20.5. The lowest BCUT2D eigenvalue weighted by molar-refractivity contribution is 0.180. The molecule has 0 saturated carbocycles. The van der Waals surface area contributed by atoms with Crippen LogP contribution in [0, 0.1) is 0 Å². The van der Waals surface area contributed by atoms with E-state index in [9.17, 15) is 9.18 Å². The van der Waals surface area contributed by atoms with E-state index >= 15 is 0 Å². The van der Waals surface area contributed by atoms with Crippen LogP contribution in [0.4, 0.5) is 4.39 Å². The molecule has 0 aliphatic carbocycles. The average molecular weight is 451 g/mol. The van der Waals surface area contributed by atoms with Gasteiger partial charge >= 0.3 is 0 Å². The topological polar surface area (TPSA) is 84.3 Å². The lowest BCUT2D eigenvalue weighted by Crippen LogP contribution is -2.51. The largest absolute Gasteiger partial charge is 0.378 e. The van der Waals surface area contributed by atoms with Crippen LogP contribution in [0.15, 0.2) is 46.3 Å². The number of hydrogen-bond acceptors (Lipinski definition) is 7. The van der Waals surface area contributed by atoms with Crippen LogP contribution >= 0.6 is 0 Å². The van der Waals surface area contributed by atoms with Crippen molar-refractivity contribution in [1.29, 1.82) is 0 Å². The SMILES string of the molecule is COCc1cc(=O)n2c(n1)C=C(C)C(N1CCc3ncc(C4=C(C)CNC(F)=C4)cc3C1)N2. The molecule has 0 aromatic carbocycles. The standard InChI is InChI=1S/C24H27FN6O2/c1-14-6-22-28-18(13-33-3)8-23(32)31(22)29-24(14)30-5-4-20-17(12-30)7-16(11-26-20)19-9-21(25)27-10-15(19)2/h6-9,11,24,27,29H,4-5,10,12-13H2,1-3H3. The van der Waals surface area contributed by atoms with Crippen molar-refractivity contribution >= 4 is 11.6 Å². The number of nitrogens with one attached hydrogen (secondary N) is 2. The lowest BCUT2D eigenvalue weighted by Gasteiger charge is -2.39. The molecule has 0 saturated heterocycles. The minimum atomic E-state index is -0.325. The molecule has 0 spiro atoms. The fourth-order valence-corrected chi connectivity index (χ4v) is 4.63. The second-order valence-corrected chi connectivity index (χ2v) is 8.72. The number of hydrogen-bond donors (Lipinski definition) is 2. The summed E-state index contributed by atoms with van der Waals surface area (Å²) in [5.74, 6) is 0.250. The molecule has 3 aliphatic heterocycles. The number of aromatic nitrogens is 3. The Morgan fingerprint density at radius 2 is 2.12 bits per heavy atom. The molecule has 1 unspecified atom stereocenters. The highest BCUT2D eigenvalue weighted by atomic mass is 19.1. The van der Waals surface area contributed by atoms with Crippen molar-refractivity contribution in [2.45, 2.75) is 39.6 Å². The van der Waals surface area contributed by atoms with E-state index in [0.29, 0.717) is 31.2 Å². The molecule has 33 heavy (non-hydrogen) atoms. The van der Waals surface area contributed by atoms with Crippen LogP contribution in [-0.2, 0) is 24.3 Å². The average Bonchev–Trinajstić information content (AvgIpc) is 2.80. The molecule has 0 bridgehead atoms. The summed E-state index contributed by atoms with van der Waals surface area (Å²) in [5, 5.41) is 2.73. The monoisotopic (exact) mass is 450 g/mol. The number of fused-ring (bicyclic) bond motifs is 2. The molecule has 8 nitrogen and oxygen atoms in total. The van der Waals surface area contributed by atoms with Gasteiger partial charge in [-0.2, -0.15) is 4.39 Å². The maximum Gasteiger partial charge on any atom is 0.272 e. The van der Waals surface area contributed by atoms with Gasteiger partial charge in [0.1, 0.15) is 6.17 Å². The second kappa shape index (κ2) is 8.57. The van der Waals surface area contributed by atoms with E-state index in [1.54, 1.807) is 7.11 Å². The van der Waals surface area contributed by atoms with Gasteiger partial charge in [0.15, 0.2) is 11.8 Å². The molecule has 2 aromatic rings. The molecule has 2 aromatic heterocycles. The van der Waals surface area contributed by atoms with Crippen LogP contribution in [0.3, 0.4) is 0 Å². The summed E-state index contributed by atoms with van der Waals surface area (Å²) in [7, 11) is 1.58. The smallest absolute Gasteiger partial charge is 0.272 e. The Balaban J connectivity index is 1.42. The zero-order valence-corrected chi connectivity index (χ0v) is 19.0. The highest BCUT2D eigenvalue weighted by Crippen LogP contribution is 2.29. The molecule has 0 amide bonds. The quantitative estimate of drug-likeness (QED) is 0.692. The van der Waals surface area contributed by atoms with E-state index in [2.05, 4.69) is 31.7 Å². The highest BCUT2D eigenvalue weighted by Gasteiger charge is 2.29. The van der Waals surface area contributed by atoms with E-state index in [1.165, 1.54) is 16.8 Å². The van der Waals surface area contributed by atoms with Gasteiger partial charge in [-0.25, -0.2) is 9.66 Å². The molecular weight excluding hydrogens is 423 g/mol. The van der Waals surface area contributed by atoms with Crippen molar-refractivity contribution in [3.63, 3.8) is 0 Å². The van der Waals surface area contributed by atoms with E-state index in [0.717, 1.165) is 46.5 Å². The van der Waals surface area contributed by atoms with Crippen LogP contribution in [0.5, 0.6) is 0 Å². The van der Waals surface area contributed by atoms with E-state index in [1.807, 2.05) is 26.1 Å². The number of allylic oxidation sites excluding steroid dienone is 2. The fourth-order valence-electron chi connectivity index (χ4n) is 4.63. The first-order valence-electron chi connectivity index (χ1n) is 11.0. The maximum atomic E-state index is 13.8. The first kappa shape index (κ1) is 21.5. The van der Waals surface area contributed by atoms with E-state index < -0.39 is 0 Å². The molecule has 5 rings (SSSR count). The van der Waals surface area contributed by atoms with Gasteiger partial charge < -0.3 is 10.1 Å². The summed E-state index contributed by atoms with van der Waals surface area (Å²) in [6.45, 7) is 6.31. The molecule has 1 atom stereocenters. The third kappa shape index (κ3) is 4.09. The Kier molecular flexibility index (Phi) is 5.59. The first-order valence-corrected chi connectivity index (χ1v) is 11.0. The van der Waals surface area contributed by atoms with Crippen LogP contribution in [0.25, 0.3) is 11.6 Å². The van der Waals surface area contributed by atoms with E-state index in [4.69, 9.17) is 4.74 Å². The Labute approximate surface area is 191 Å². The number of dihydropyridines is 1. The fraction of sp³-hybridized carbons (Fsp3) is 0.375. The minimum absolute atomic E-state index is 0.140. The third-order valence-corrected chi connectivity index (χ3v) is 6.33. The van der Waals surface area contributed by atoms with Gasteiger partial charge in [0.2, 0.25) is 0 Å². The van der Waals surface area contributed by atoms with Crippen LogP contribution in [-0.4, -0.2) is 45.9 Å². The minimum Gasteiger partial charge on any atom is -0.378 e. The molecule has 3 aliphatic rings. The number of nitrogens with zero attached hydrogens (tertiary/aromatic N) is 4. The number of pyridine rings is 1. The first-order chi connectivity index (χ1) is 15.9. The highest BCUT2D eigenvalue weighted by molar-refractivity contribution is 5.78. The van der Waals surface area contributed by atoms with Gasteiger partial charge in [-0.1, -0.05) is 0 Å². The molecule has 5 heterocycles. The number of methoxy groups -OCH3 is 1. The van der Waals surface area contributed by atoms with Gasteiger partial charge in [0.25, 0.3) is 5.56 Å². The van der Waals surface area contributed by atoms with Gasteiger partial charge in [-0.15, -0.1) is 0 Å². The van der Waals surface area contributed by atoms with Crippen molar-refractivity contribution in [3.05, 3.63) is 80.2 Å². The summed E-state index contributed by atoms with van der Waals surface area (Å²) >= 11 is 0. The summed E-state index contributed by atoms with van der Waals surface area (Å²) in [6.07, 6.45) is 5.98. The van der Waals surface area contributed by atoms with Crippen LogP contribution in [0.1, 0.15) is 42.2 Å². The third-order valence-electron chi connectivity index (χ3n) is 6.33. The number of halogens is 1. The molecular formula is C24H27FN6O2. The molecule has 0 fully saturated rings. The number of ether oxygens (including phenoxy) is 1. The molecule has 2 N–H and O–H groups in total. The number of rotatable bonds is 4. The van der Waals surface area contributed by atoms with Crippen LogP contribution in [0.2, 0.25) is 0 Å². The van der Waals surface area contributed by atoms with E-state index in [-0.39, 0.29) is 17.7 Å². The molecule has 9 heteroatoms. The van der Waals surface area contributed by atoms with Crippen LogP contribution < -0.4 is 16.3 Å². The summed E-state index contributed by atoms with van der Waals surface area (Å²) in [5.41, 5.74) is 9.92. The Bertz CT molecular complexity index is 1260. The summed E-state index contributed by atoms with van der Waals surface area (Å²) in [6, 6.07) is 3.61.